The maximum absolute atomic E-state index is 12.6. The zero-order valence-electron chi connectivity index (χ0n) is 21.5. The SMILES string of the molecule is CCc1c(C)c2c(-c3ccc([C@@H](C)COC(=O)NC(C)(C)C)cc3)c(OC)cc(C)c2[nH]c1=O. The fourth-order valence-electron chi connectivity index (χ4n) is 4.32. The number of ether oxygens (including phenoxy) is 2. The van der Waals surface area contributed by atoms with Crippen LogP contribution in [0.5, 0.6) is 5.75 Å². The van der Waals surface area contributed by atoms with E-state index in [1.807, 2.05) is 54.5 Å². The van der Waals surface area contributed by atoms with Crippen molar-refractivity contribution >= 4 is 17.0 Å². The number of methoxy groups -OCH3 is 1. The van der Waals surface area contributed by atoms with E-state index < -0.39 is 6.09 Å². The standard InChI is InChI=1S/C28H36N2O4/c1-9-21-18(4)23-24(22(33-8)14-16(2)25(23)29-26(21)31)20-12-10-19(11-13-20)17(3)15-34-27(32)30-28(5,6)7/h10-14,17H,9,15H2,1-8H3,(H,29,31)(H,30,32)/t17-/m0/s1. The highest BCUT2D eigenvalue weighted by molar-refractivity contribution is 6.02. The molecule has 182 valence electrons. The van der Waals surface area contributed by atoms with E-state index in [0.29, 0.717) is 6.42 Å². The number of H-pyrrole nitrogens is 1. The number of benzene rings is 2. The van der Waals surface area contributed by atoms with E-state index in [2.05, 4.69) is 34.6 Å². The number of aromatic nitrogens is 1. The molecule has 0 aliphatic heterocycles. The Bertz CT molecular complexity index is 1250. The molecular weight excluding hydrogens is 428 g/mol. The summed E-state index contributed by atoms with van der Waals surface area (Å²) in [5.41, 5.74) is 6.24. The van der Waals surface area contributed by atoms with Gasteiger partial charge >= 0.3 is 6.09 Å². The average molecular weight is 465 g/mol. The first-order valence-corrected chi connectivity index (χ1v) is 11.7. The highest BCUT2D eigenvalue weighted by Gasteiger charge is 2.20. The smallest absolute Gasteiger partial charge is 0.407 e. The lowest BCUT2D eigenvalue weighted by molar-refractivity contribution is 0.132. The van der Waals surface area contributed by atoms with Crippen LogP contribution in [0.15, 0.2) is 35.1 Å². The molecule has 1 heterocycles. The van der Waals surface area contributed by atoms with Crippen molar-refractivity contribution in [3.05, 3.63) is 62.9 Å². The van der Waals surface area contributed by atoms with Gasteiger partial charge in [-0.05, 0) is 69.4 Å². The van der Waals surface area contributed by atoms with Gasteiger partial charge in [-0.15, -0.1) is 0 Å². The highest BCUT2D eigenvalue weighted by atomic mass is 16.5. The Kier molecular flexibility index (Phi) is 7.39. The second-order valence-corrected chi connectivity index (χ2v) is 9.93. The Balaban J connectivity index is 1.98. The molecule has 2 aromatic carbocycles. The number of pyridine rings is 1. The number of carbonyl (C=O) groups is 1. The lowest BCUT2D eigenvalue weighted by Crippen LogP contribution is -2.41. The Labute approximate surface area is 201 Å². The minimum absolute atomic E-state index is 0.0358. The molecule has 6 heteroatoms. The Morgan fingerprint density at radius 3 is 2.35 bits per heavy atom. The summed E-state index contributed by atoms with van der Waals surface area (Å²) in [5.74, 6) is 0.811. The fourth-order valence-corrected chi connectivity index (χ4v) is 4.32. The van der Waals surface area contributed by atoms with Crippen LogP contribution in [0, 0.1) is 13.8 Å². The van der Waals surface area contributed by atoms with E-state index in [0.717, 1.165) is 50.0 Å². The van der Waals surface area contributed by atoms with Crippen LogP contribution in [-0.2, 0) is 11.2 Å². The molecule has 3 aromatic rings. The van der Waals surface area contributed by atoms with E-state index in [4.69, 9.17) is 9.47 Å². The molecule has 0 bridgehead atoms. The number of alkyl carbamates (subject to hydrolysis) is 1. The van der Waals surface area contributed by atoms with Crippen molar-refractivity contribution < 1.29 is 14.3 Å². The van der Waals surface area contributed by atoms with Gasteiger partial charge in [0.05, 0.1) is 19.2 Å². The predicted molar refractivity (Wildman–Crippen MR) is 138 cm³/mol. The lowest BCUT2D eigenvalue weighted by Gasteiger charge is -2.21. The summed E-state index contributed by atoms with van der Waals surface area (Å²) < 4.78 is 11.2. The van der Waals surface area contributed by atoms with Gasteiger partial charge in [0.1, 0.15) is 5.75 Å². The second kappa shape index (κ2) is 9.92. The maximum Gasteiger partial charge on any atom is 0.407 e. The molecule has 0 aliphatic rings. The molecule has 0 spiro atoms. The first-order valence-electron chi connectivity index (χ1n) is 11.7. The minimum Gasteiger partial charge on any atom is -0.496 e. The summed E-state index contributed by atoms with van der Waals surface area (Å²) in [5, 5.41) is 3.82. The van der Waals surface area contributed by atoms with Gasteiger partial charge in [-0.1, -0.05) is 38.1 Å². The first-order chi connectivity index (χ1) is 16.0. The van der Waals surface area contributed by atoms with Gasteiger partial charge in [-0.3, -0.25) is 4.79 Å². The molecule has 0 saturated heterocycles. The molecule has 3 rings (SSSR count). The van der Waals surface area contributed by atoms with Gasteiger partial charge in [0.2, 0.25) is 0 Å². The quantitative estimate of drug-likeness (QED) is 0.468. The van der Waals surface area contributed by atoms with Crippen LogP contribution in [0.3, 0.4) is 0 Å². The summed E-state index contributed by atoms with van der Waals surface area (Å²) in [6.07, 6.45) is 0.245. The van der Waals surface area contributed by atoms with Crippen LogP contribution in [0.1, 0.15) is 62.8 Å². The third-order valence-corrected chi connectivity index (χ3v) is 6.11. The lowest BCUT2D eigenvalue weighted by atomic mass is 9.91. The van der Waals surface area contributed by atoms with Gasteiger partial charge < -0.3 is 19.8 Å². The number of fused-ring (bicyclic) bond motifs is 1. The predicted octanol–water partition coefficient (Wildman–Crippen LogP) is 6.01. The van der Waals surface area contributed by atoms with Crippen LogP contribution in [0.4, 0.5) is 4.79 Å². The zero-order chi connectivity index (χ0) is 25.2. The summed E-state index contributed by atoms with van der Waals surface area (Å²) >= 11 is 0. The van der Waals surface area contributed by atoms with Gasteiger partial charge in [0, 0.05) is 28.0 Å². The Hall–Kier alpha value is -3.28. The van der Waals surface area contributed by atoms with Gasteiger partial charge in [0.15, 0.2) is 0 Å². The van der Waals surface area contributed by atoms with Crippen molar-refractivity contribution in [3.63, 3.8) is 0 Å². The molecule has 0 radical (unpaired) electrons. The van der Waals surface area contributed by atoms with Crippen LogP contribution in [0.25, 0.3) is 22.0 Å². The van der Waals surface area contributed by atoms with Crippen molar-refractivity contribution in [2.75, 3.05) is 13.7 Å². The van der Waals surface area contributed by atoms with Gasteiger partial charge in [-0.2, -0.15) is 0 Å². The normalized spacial score (nSPS) is 12.5. The molecule has 0 unspecified atom stereocenters. The van der Waals surface area contributed by atoms with E-state index in [1.54, 1.807) is 7.11 Å². The van der Waals surface area contributed by atoms with Crippen molar-refractivity contribution in [1.82, 2.24) is 10.3 Å². The summed E-state index contributed by atoms with van der Waals surface area (Å²) in [6, 6.07) is 10.2. The number of amides is 1. The van der Waals surface area contributed by atoms with Crippen LogP contribution in [0.2, 0.25) is 0 Å². The number of hydrogen-bond donors (Lipinski definition) is 2. The molecule has 1 aromatic heterocycles. The summed E-state index contributed by atoms with van der Waals surface area (Å²) in [7, 11) is 1.67. The van der Waals surface area contributed by atoms with E-state index in [9.17, 15) is 9.59 Å². The topological polar surface area (TPSA) is 80.4 Å². The monoisotopic (exact) mass is 464 g/mol. The number of aryl methyl sites for hydroxylation is 2. The molecule has 2 N–H and O–H groups in total. The highest BCUT2D eigenvalue weighted by Crippen LogP contribution is 2.40. The van der Waals surface area contributed by atoms with Crippen molar-refractivity contribution in [1.29, 1.82) is 0 Å². The van der Waals surface area contributed by atoms with Crippen molar-refractivity contribution in [2.45, 2.75) is 66.3 Å². The second-order valence-electron chi connectivity index (χ2n) is 9.93. The number of rotatable bonds is 6. The van der Waals surface area contributed by atoms with Gasteiger partial charge in [0.25, 0.3) is 5.56 Å². The molecule has 0 fully saturated rings. The fraction of sp³-hybridized carbons (Fsp3) is 0.429. The first kappa shape index (κ1) is 25.3. The number of hydrogen-bond acceptors (Lipinski definition) is 4. The number of aromatic amines is 1. The molecule has 0 aliphatic carbocycles. The third kappa shape index (κ3) is 5.27. The van der Waals surface area contributed by atoms with E-state index in [-0.39, 0.29) is 23.6 Å². The summed E-state index contributed by atoms with van der Waals surface area (Å²) in [4.78, 5) is 27.7. The Morgan fingerprint density at radius 2 is 1.79 bits per heavy atom. The van der Waals surface area contributed by atoms with Crippen LogP contribution < -0.4 is 15.6 Å². The Morgan fingerprint density at radius 1 is 1.15 bits per heavy atom. The number of carbonyl (C=O) groups excluding carboxylic acids is 1. The molecule has 1 amide bonds. The third-order valence-electron chi connectivity index (χ3n) is 6.11. The van der Waals surface area contributed by atoms with Crippen LogP contribution >= 0.6 is 0 Å². The molecular formula is C28H36N2O4. The van der Waals surface area contributed by atoms with Crippen LogP contribution in [-0.4, -0.2) is 30.3 Å². The minimum atomic E-state index is -0.414. The van der Waals surface area contributed by atoms with E-state index in [1.165, 1.54) is 0 Å². The molecule has 0 saturated carbocycles. The molecule has 1 atom stereocenters. The number of nitrogens with one attached hydrogen (secondary N) is 2. The van der Waals surface area contributed by atoms with Gasteiger partial charge in [-0.25, -0.2) is 4.79 Å². The summed E-state index contributed by atoms with van der Waals surface area (Å²) in [6.45, 7) is 14.1. The van der Waals surface area contributed by atoms with Crippen molar-refractivity contribution in [3.8, 4) is 16.9 Å². The van der Waals surface area contributed by atoms with Crippen molar-refractivity contribution in [2.24, 2.45) is 0 Å². The molecule has 6 nitrogen and oxygen atoms in total. The van der Waals surface area contributed by atoms with E-state index >= 15 is 0 Å². The molecule has 34 heavy (non-hydrogen) atoms. The maximum atomic E-state index is 12.6. The zero-order valence-corrected chi connectivity index (χ0v) is 21.5. The average Bonchev–Trinajstić information content (AvgIpc) is 2.77. The largest absolute Gasteiger partial charge is 0.496 e.